The van der Waals surface area contributed by atoms with Crippen LogP contribution in [-0.2, 0) is 9.53 Å². The van der Waals surface area contributed by atoms with Crippen molar-refractivity contribution in [1.29, 1.82) is 0 Å². The van der Waals surface area contributed by atoms with Crippen molar-refractivity contribution in [2.45, 2.75) is 38.3 Å². The molecule has 5 heteroatoms. The summed E-state index contributed by atoms with van der Waals surface area (Å²) >= 11 is 5.46. The van der Waals surface area contributed by atoms with Crippen molar-refractivity contribution in [3.63, 3.8) is 0 Å². The Hall–Kier alpha value is 0.260. The van der Waals surface area contributed by atoms with Gasteiger partial charge in [-0.3, -0.25) is 4.79 Å². The Labute approximate surface area is 122 Å². The predicted molar refractivity (Wildman–Crippen MR) is 79.4 cm³/mol. The van der Waals surface area contributed by atoms with Gasteiger partial charge in [0.1, 0.15) is 0 Å². The Balaban J connectivity index is 1.85. The molecule has 0 bridgehead atoms. The lowest BCUT2D eigenvalue weighted by Crippen LogP contribution is -2.51. The molecule has 2 unspecified atom stereocenters. The van der Waals surface area contributed by atoms with Gasteiger partial charge in [0.05, 0.1) is 18.8 Å². The molecular formula is C13H22BrNO2S. The average molecular weight is 336 g/mol. The molecule has 2 rings (SSSR count). The number of carbonyl (C=O) groups excluding carboxylic acids is 1. The number of rotatable bonds is 3. The minimum absolute atomic E-state index is 0.159. The summed E-state index contributed by atoms with van der Waals surface area (Å²) in [6.07, 6.45) is 3.31. The first-order valence-electron chi connectivity index (χ1n) is 6.75. The molecule has 0 spiro atoms. The Morgan fingerprint density at radius 3 is 2.83 bits per heavy atom. The van der Waals surface area contributed by atoms with Crippen LogP contribution in [0.3, 0.4) is 0 Å². The number of thioether (sulfide) groups is 1. The average Bonchev–Trinajstić information content (AvgIpc) is 2.40. The summed E-state index contributed by atoms with van der Waals surface area (Å²) in [5.74, 6) is 3.38. The first-order valence-corrected chi connectivity index (χ1v) is 9.03. The molecule has 2 fully saturated rings. The van der Waals surface area contributed by atoms with Crippen molar-refractivity contribution in [3.05, 3.63) is 0 Å². The first-order chi connectivity index (χ1) is 8.70. The summed E-state index contributed by atoms with van der Waals surface area (Å²) in [5, 5.41) is 0.809. The molecule has 104 valence electrons. The Kier molecular flexibility index (Phi) is 5.83. The summed E-state index contributed by atoms with van der Waals surface area (Å²) in [5.41, 5.74) is 0. The zero-order chi connectivity index (χ0) is 13.0. The van der Waals surface area contributed by atoms with Crippen LogP contribution in [0.15, 0.2) is 0 Å². The van der Waals surface area contributed by atoms with Crippen molar-refractivity contribution in [3.8, 4) is 0 Å². The van der Waals surface area contributed by atoms with Crippen LogP contribution in [0.2, 0.25) is 0 Å². The summed E-state index contributed by atoms with van der Waals surface area (Å²) < 4.78 is 5.67. The van der Waals surface area contributed by atoms with Gasteiger partial charge in [0.2, 0.25) is 5.91 Å². The topological polar surface area (TPSA) is 29.5 Å². The molecule has 0 radical (unpaired) electrons. The molecule has 0 aromatic heterocycles. The molecule has 2 aliphatic rings. The minimum atomic E-state index is 0.159. The summed E-state index contributed by atoms with van der Waals surface area (Å²) in [4.78, 5) is 14.4. The molecule has 0 saturated carbocycles. The van der Waals surface area contributed by atoms with Crippen LogP contribution in [-0.4, -0.2) is 52.9 Å². The van der Waals surface area contributed by atoms with Crippen LogP contribution in [0, 0.1) is 5.92 Å². The third kappa shape index (κ3) is 3.87. The normalized spacial score (nSPS) is 30.4. The van der Waals surface area contributed by atoms with Crippen LogP contribution in [0.5, 0.6) is 0 Å². The molecule has 18 heavy (non-hydrogen) atoms. The highest BCUT2D eigenvalue weighted by Crippen LogP contribution is 2.26. The molecule has 1 amide bonds. The van der Waals surface area contributed by atoms with Crippen LogP contribution < -0.4 is 0 Å². The maximum atomic E-state index is 12.4. The van der Waals surface area contributed by atoms with Gasteiger partial charge in [-0.15, -0.1) is 0 Å². The quantitative estimate of drug-likeness (QED) is 0.742. The molecule has 0 N–H and O–H groups in total. The lowest BCUT2D eigenvalue weighted by Gasteiger charge is -2.38. The van der Waals surface area contributed by atoms with Gasteiger partial charge < -0.3 is 9.64 Å². The van der Waals surface area contributed by atoms with E-state index in [1.807, 2.05) is 16.7 Å². The zero-order valence-corrected chi connectivity index (χ0v) is 13.3. The maximum absolute atomic E-state index is 12.4. The second kappa shape index (κ2) is 7.15. The zero-order valence-electron chi connectivity index (χ0n) is 10.9. The second-order valence-electron chi connectivity index (χ2n) is 5.26. The summed E-state index contributed by atoms with van der Waals surface area (Å²) in [7, 11) is 0. The van der Waals surface area contributed by atoms with Gasteiger partial charge in [-0.25, -0.2) is 0 Å². The number of carbonyl (C=O) groups is 1. The second-order valence-corrected chi connectivity index (χ2v) is 7.14. The molecule has 3 nitrogen and oxygen atoms in total. The highest BCUT2D eigenvalue weighted by atomic mass is 79.9. The maximum Gasteiger partial charge on any atom is 0.223 e. The number of halogens is 1. The lowest BCUT2D eigenvalue weighted by atomic mass is 9.97. The van der Waals surface area contributed by atoms with Crippen molar-refractivity contribution >= 4 is 33.6 Å². The predicted octanol–water partition coefficient (Wildman–Crippen LogP) is 2.53. The number of amides is 1. The molecule has 2 heterocycles. The number of morpholine rings is 1. The molecule has 0 aromatic carbocycles. The number of hydrogen-bond acceptors (Lipinski definition) is 3. The largest absolute Gasteiger partial charge is 0.373 e. The first kappa shape index (κ1) is 14.7. The van der Waals surface area contributed by atoms with Crippen molar-refractivity contribution < 1.29 is 9.53 Å². The smallest absolute Gasteiger partial charge is 0.223 e. The van der Waals surface area contributed by atoms with E-state index in [9.17, 15) is 4.79 Å². The fraction of sp³-hybridized carbons (Fsp3) is 0.923. The Bertz CT molecular complexity index is 284. The van der Waals surface area contributed by atoms with Crippen molar-refractivity contribution in [2.24, 2.45) is 5.92 Å². The SMILES string of the molecule is CC1COC(CBr)CN1C(=O)CC1CCSCC1. The Morgan fingerprint density at radius 2 is 2.17 bits per heavy atom. The number of nitrogens with zero attached hydrogens (tertiary/aromatic N) is 1. The molecule has 2 atom stereocenters. The molecule has 2 saturated heterocycles. The van der Waals surface area contributed by atoms with Gasteiger partial charge in [-0.2, -0.15) is 11.8 Å². The highest BCUT2D eigenvalue weighted by Gasteiger charge is 2.30. The van der Waals surface area contributed by atoms with Gasteiger partial charge >= 0.3 is 0 Å². The molecule has 0 aliphatic carbocycles. The lowest BCUT2D eigenvalue weighted by molar-refractivity contribution is -0.144. The van der Waals surface area contributed by atoms with E-state index in [1.165, 1.54) is 24.3 Å². The van der Waals surface area contributed by atoms with Gasteiger partial charge in [-0.1, -0.05) is 15.9 Å². The molecule has 2 aliphatic heterocycles. The van der Waals surface area contributed by atoms with E-state index in [4.69, 9.17) is 4.74 Å². The summed E-state index contributed by atoms with van der Waals surface area (Å²) in [6.45, 7) is 3.49. The van der Waals surface area contributed by atoms with Gasteiger partial charge in [0, 0.05) is 18.3 Å². The monoisotopic (exact) mass is 335 g/mol. The number of ether oxygens (including phenoxy) is 1. The van der Waals surface area contributed by atoms with Crippen molar-refractivity contribution in [2.75, 3.05) is 30.0 Å². The molecule has 0 aromatic rings. The fourth-order valence-corrected chi connectivity index (χ4v) is 4.17. The van der Waals surface area contributed by atoms with Crippen LogP contribution >= 0.6 is 27.7 Å². The van der Waals surface area contributed by atoms with Gasteiger partial charge in [-0.05, 0) is 37.2 Å². The number of hydrogen-bond donors (Lipinski definition) is 0. The van der Waals surface area contributed by atoms with E-state index in [0.717, 1.165) is 18.3 Å². The molecular weight excluding hydrogens is 314 g/mol. The highest BCUT2D eigenvalue weighted by molar-refractivity contribution is 9.09. The van der Waals surface area contributed by atoms with E-state index in [0.29, 0.717) is 18.4 Å². The van der Waals surface area contributed by atoms with Crippen molar-refractivity contribution in [1.82, 2.24) is 4.90 Å². The van der Waals surface area contributed by atoms with E-state index in [2.05, 4.69) is 22.9 Å². The van der Waals surface area contributed by atoms with E-state index < -0.39 is 0 Å². The van der Waals surface area contributed by atoms with Gasteiger partial charge in [0.25, 0.3) is 0 Å². The minimum Gasteiger partial charge on any atom is -0.373 e. The number of alkyl halides is 1. The fourth-order valence-electron chi connectivity index (χ4n) is 2.57. The van der Waals surface area contributed by atoms with E-state index in [-0.39, 0.29) is 12.1 Å². The van der Waals surface area contributed by atoms with Crippen LogP contribution in [0.1, 0.15) is 26.2 Å². The third-order valence-electron chi connectivity index (χ3n) is 3.80. The van der Waals surface area contributed by atoms with E-state index in [1.54, 1.807) is 0 Å². The van der Waals surface area contributed by atoms with E-state index >= 15 is 0 Å². The summed E-state index contributed by atoms with van der Waals surface area (Å²) in [6, 6.07) is 0.228. The van der Waals surface area contributed by atoms with Crippen LogP contribution in [0.25, 0.3) is 0 Å². The van der Waals surface area contributed by atoms with Gasteiger partial charge in [0.15, 0.2) is 0 Å². The standard InChI is InChI=1S/C13H22BrNO2S/c1-10-9-17-12(7-14)8-15(10)13(16)6-11-2-4-18-5-3-11/h10-12H,2-9H2,1H3. The Morgan fingerprint density at radius 1 is 1.44 bits per heavy atom. The third-order valence-corrected chi connectivity index (χ3v) is 5.57. The van der Waals surface area contributed by atoms with Crippen LogP contribution in [0.4, 0.5) is 0 Å².